The molecule has 0 saturated heterocycles. The smallest absolute Gasteiger partial charge is 0.159 e. The van der Waals surface area contributed by atoms with Gasteiger partial charge in [0.05, 0.1) is 17.9 Å². The maximum Gasteiger partial charge on any atom is 0.159 e. The van der Waals surface area contributed by atoms with Crippen molar-refractivity contribution in [2.24, 2.45) is 0 Å². The number of benzene rings is 1. The minimum Gasteiger partial charge on any atom is -0.311 e. The highest BCUT2D eigenvalue weighted by molar-refractivity contribution is 5.20. The van der Waals surface area contributed by atoms with Crippen LogP contribution in [0, 0.1) is 11.6 Å². The van der Waals surface area contributed by atoms with E-state index >= 15 is 0 Å². The lowest BCUT2D eigenvalue weighted by molar-refractivity contribution is 0.485. The second-order valence-corrected chi connectivity index (χ2v) is 4.68. The highest BCUT2D eigenvalue weighted by atomic mass is 19.2. The number of nitrogens with zero attached hydrogens (tertiary/aromatic N) is 3. The normalized spacial score (nSPS) is 12.6. The zero-order chi connectivity index (χ0) is 14.5. The highest BCUT2D eigenvalue weighted by Crippen LogP contribution is 2.19. The molecule has 1 aromatic carbocycles. The molecule has 108 valence electrons. The van der Waals surface area contributed by atoms with Gasteiger partial charge in [-0.2, -0.15) is 0 Å². The fraction of sp³-hybridized carbons (Fsp3) is 0.429. The van der Waals surface area contributed by atoms with E-state index in [0.717, 1.165) is 30.3 Å². The van der Waals surface area contributed by atoms with Crippen molar-refractivity contribution < 1.29 is 8.78 Å². The van der Waals surface area contributed by atoms with Gasteiger partial charge in [0.25, 0.3) is 0 Å². The standard InChI is InChI=1S/C14H18F2N4/c1-3-6-20-14(9-18-19-20)13(17-2)8-10-4-5-11(15)12(16)7-10/h4-5,7,9,13,17H,3,6,8H2,1-2H3. The molecule has 1 unspecified atom stereocenters. The molecule has 1 aromatic heterocycles. The third-order valence-corrected chi connectivity index (χ3v) is 3.21. The molecule has 0 amide bonds. The molecular weight excluding hydrogens is 262 g/mol. The summed E-state index contributed by atoms with van der Waals surface area (Å²) in [6.45, 7) is 2.85. The zero-order valence-corrected chi connectivity index (χ0v) is 11.6. The number of likely N-dealkylation sites (N-methyl/N-ethyl adjacent to an activating group) is 1. The van der Waals surface area contributed by atoms with Gasteiger partial charge < -0.3 is 5.32 Å². The third-order valence-electron chi connectivity index (χ3n) is 3.21. The van der Waals surface area contributed by atoms with E-state index in [1.54, 1.807) is 12.3 Å². The van der Waals surface area contributed by atoms with E-state index in [-0.39, 0.29) is 6.04 Å². The quantitative estimate of drug-likeness (QED) is 0.884. The van der Waals surface area contributed by atoms with Gasteiger partial charge >= 0.3 is 0 Å². The summed E-state index contributed by atoms with van der Waals surface area (Å²) < 4.78 is 28.0. The summed E-state index contributed by atoms with van der Waals surface area (Å²) in [5.74, 6) is -1.65. The van der Waals surface area contributed by atoms with Crippen molar-refractivity contribution in [3.05, 3.63) is 47.3 Å². The number of aromatic nitrogens is 3. The molecule has 20 heavy (non-hydrogen) atoms. The van der Waals surface area contributed by atoms with E-state index in [9.17, 15) is 8.78 Å². The fourth-order valence-electron chi connectivity index (χ4n) is 2.18. The minimum absolute atomic E-state index is 0.0404. The van der Waals surface area contributed by atoms with Crippen LogP contribution in [0.5, 0.6) is 0 Å². The molecule has 6 heteroatoms. The molecule has 0 radical (unpaired) electrons. The summed E-state index contributed by atoms with van der Waals surface area (Å²) in [5.41, 5.74) is 1.67. The molecule has 0 spiro atoms. The highest BCUT2D eigenvalue weighted by Gasteiger charge is 2.16. The molecule has 0 aliphatic rings. The number of aryl methyl sites for hydroxylation is 1. The Hall–Kier alpha value is -1.82. The summed E-state index contributed by atoms with van der Waals surface area (Å²) in [6.07, 6.45) is 3.21. The summed E-state index contributed by atoms with van der Waals surface area (Å²) >= 11 is 0. The van der Waals surface area contributed by atoms with Crippen molar-refractivity contribution >= 4 is 0 Å². The molecule has 1 heterocycles. The second-order valence-electron chi connectivity index (χ2n) is 4.68. The maximum absolute atomic E-state index is 13.3. The number of hydrogen-bond donors (Lipinski definition) is 1. The van der Waals surface area contributed by atoms with Gasteiger partial charge in [-0.1, -0.05) is 18.2 Å². The van der Waals surface area contributed by atoms with Crippen LogP contribution in [-0.4, -0.2) is 22.0 Å². The van der Waals surface area contributed by atoms with Gasteiger partial charge in [-0.05, 0) is 37.6 Å². The summed E-state index contributed by atoms with van der Waals surface area (Å²) in [7, 11) is 1.83. The molecule has 1 N–H and O–H groups in total. The van der Waals surface area contributed by atoms with E-state index in [4.69, 9.17) is 0 Å². The second kappa shape index (κ2) is 6.56. The molecule has 2 aromatic rings. The minimum atomic E-state index is -0.826. The van der Waals surface area contributed by atoms with Gasteiger partial charge in [0.15, 0.2) is 11.6 Å². The molecule has 2 rings (SSSR count). The van der Waals surface area contributed by atoms with Crippen molar-refractivity contribution in [1.82, 2.24) is 20.3 Å². The number of halogens is 2. The van der Waals surface area contributed by atoms with Gasteiger partial charge in [0, 0.05) is 6.54 Å². The van der Waals surface area contributed by atoms with Crippen molar-refractivity contribution in [1.29, 1.82) is 0 Å². The first-order valence-corrected chi connectivity index (χ1v) is 6.65. The molecule has 4 nitrogen and oxygen atoms in total. The van der Waals surface area contributed by atoms with Crippen molar-refractivity contribution in [3.63, 3.8) is 0 Å². The number of hydrogen-bond acceptors (Lipinski definition) is 3. The molecule has 1 atom stereocenters. The molecule has 0 fully saturated rings. The first-order valence-electron chi connectivity index (χ1n) is 6.65. The fourth-order valence-corrected chi connectivity index (χ4v) is 2.18. The van der Waals surface area contributed by atoms with E-state index < -0.39 is 11.6 Å². The van der Waals surface area contributed by atoms with E-state index in [1.165, 1.54) is 6.07 Å². The molecule has 0 bridgehead atoms. The predicted octanol–water partition coefficient (Wildman–Crippen LogP) is 2.47. The SMILES string of the molecule is CCCn1nncc1C(Cc1ccc(F)c(F)c1)NC. The zero-order valence-electron chi connectivity index (χ0n) is 11.6. The number of nitrogens with one attached hydrogen (secondary N) is 1. The van der Waals surface area contributed by atoms with Gasteiger partial charge in [0.2, 0.25) is 0 Å². The van der Waals surface area contributed by atoms with Crippen LogP contribution in [-0.2, 0) is 13.0 Å². The van der Waals surface area contributed by atoms with Crippen LogP contribution in [0.25, 0.3) is 0 Å². The predicted molar refractivity (Wildman–Crippen MR) is 72.2 cm³/mol. The Bertz CT molecular complexity index is 568. The average Bonchev–Trinajstić information content (AvgIpc) is 2.88. The van der Waals surface area contributed by atoms with Crippen LogP contribution in [0.3, 0.4) is 0 Å². The largest absolute Gasteiger partial charge is 0.311 e. The Balaban J connectivity index is 2.19. The first-order chi connectivity index (χ1) is 9.65. The maximum atomic E-state index is 13.3. The molecular formula is C14H18F2N4. The Kier molecular flexibility index (Phi) is 4.79. The van der Waals surface area contributed by atoms with Crippen LogP contribution in [0.4, 0.5) is 8.78 Å². The Morgan fingerprint density at radius 2 is 2.10 bits per heavy atom. The van der Waals surface area contributed by atoms with Crippen LogP contribution in [0.15, 0.2) is 24.4 Å². The Morgan fingerprint density at radius 1 is 1.30 bits per heavy atom. The lowest BCUT2D eigenvalue weighted by Gasteiger charge is -2.17. The van der Waals surface area contributed by atoms with Gasteiger partial charge in [-0.3, -0.25) is 0 Å². The number of rotatable bonds is 6. The average molecular weight is 280 g/mol. The third kappa shape index (κ3) is 3.19. The van der Waals surface area contributed by atoms with Gasteiger partial charge in [0.1, 0.15) is 0 Å². The summed E-state index contributed by atoms with van der Waals surface area (Å²) in [5, 5.41) is 11.1. The van der Waals surface area contributed by atoms with Crippen LogP contribution in [0.2, 0.25) is 0 Å². The first kappa shape index (κ1) is 14.6. The van der Waals surface area contributed by atoms with Gasteiger partial charge in [-0.15, -0.1) is 5.10 Å². The van der Waals surface area contributed by atoms with Crippen LogP contribution < -0.4 is 5.32 Å². The molecule has 0 aliphatic carbocycles. The van der Waals surface area contributed by atoms with E-state index in [0.29, 0.717) is 6.42 Å². The van der Waals surface area contributed by atoms with E-state index in [1.807, 2.05) is 11.7 Å². The molecule has 0 aliphatic heterocycles. The lowest BCUT2D eigenvalue weighted by atomic mass is 10.0. The molecule has 0 saturated carbocycles. The Labute approximate surface area is 116 Å². The Morgan fingerprint density at radius 3 is 2.75 bits per heavy atom. The van der Waals surface area contributed by atoms with Crippen LogP contribution in [0.1, 0.15) is 30.6 Å². The van der Waals surface area contributed by atoms with Crippen LogP contribution >= 0.6 is 0 Å². The summed E-state index contributed by atoms with van der Waals surface area (Å²) in [6, 6.07) is 3.94. The summed E-state index contributed by atoms with van der Waals surface area (Å²) in [4.78, 5) is 0. The van der Waals surface area contributed by atoms with Crippen molar-refractivity contribution in [3.8, 4) is 0 Å². The topological polar surface area (TPSA) is 42.7 Å². The van der Waals surface area contributed by atoms with E-state index in [2.05, 4.69) is 22.6 Å². The lowest BCUT2D eigenvalue weighted by Crippen LogP contribution is -2.22. The van der Waals surface area contributed by atoms with Gasteiger partial charge in [-0.25, -0.2) is 13.5 Å². The van der Waals surface area contributed by atoms with Crippen molar-refractivity contribution in [2.75, 3.05) is 7.05 Å². The monoisotopic (exact) mass is 280 g/mol. The van der Waals surface area contributed by atoms with Crippen molar-refractivity contribution in [2.45, 2.75) is 32.4 Å².